The molecular formula is C12H19NO5. The van der Waals surface area contributed by atoms with E-state index in [4.69, 9.17) is 9.47 Å². The SMILES string of the molecule is COCC(CNCc1ccc(O)c(O)c1O)OC. The van der Waals surface area contributed by atoms with Crippen molar-refractivity contribution in [3.8, 4) is 17.2 Å². The van der Waals surface area contributed by atoms with E-state index in [-0.39, 0.29) is 17.6 Å². The lowest BCUT2D eigenvalue weighted by molar-refractivity contribution is 0.0287. The highest BCUT2D eigenvalue weighted by Gasteiger charge is 2.11. The van der Waals surface area contributed by atoms with Crippen LogP contribution in [0.3, 0.4) is 0 Å². The fourth-order valence-corrected chi connectivity index (χ4v) is 1.52. The number of hydrogen-bond donors (Lipinski definition) is 4. The number of benzene rings is 1. The monoisotopic (exact) mass is 257 g/mol. The van der Waals surface area contributed by atoms with Crippen molar-refractivity contribution in [3.05, 3.63) is 17.7 Å². The molecule has 0 saturated heterocycles. The molecule has 0 aliphatic rings. The van der Waals surface area contributed by atoms with Crippen LogP contribution in [0.1, 0.15) is 5.56 Å². The first-order chi connectivity index (χ1) is 8.60. The van der Waals surface area contributed by atoms with Gasteiger partial charge in [-0.3, -0.25) is 0 Å². The van der Waals surface area contributed by atoms with E-state index in [2.05, 4.69) is 5.32 Å². The number of hydrogen-bond acceptors (Lipinski definition) is 6. The standard InChI is InChI=1S/C12H19NO5/c1-17-7-9(18-2)6-13-5-8-3-4-10(14)12(16)11(8)15/h3-4,9,13-16H,5-7H2,1-2H3. The molecular weight excluding hydrogens is 238 g/mol. The molecule has 0 heterocycles. The largest absolute Gasteiger partial charge is 0.504 e. The molecule has 0 aliphatic carbocycles. The zero-order valence-electron chi connectivity index (χ0n) is 10.5. The van der Waals surface area contributed by atoms with Gasteiger partial charge in [0.1, 0.15) is 0 Å². The van der Waals surface area contributed by atoms with Gasteiger partial charge in [0.2, 0.25) is 5.75 Å². The highest BCUT2D eigenvalue weighted by Crippen LogP contribution is 2.36. The summed E-state index contributed by atoms with van der Waals surface area (Å²) in [5.41, 5.74) is 0.498. The van der Waals surface area contributed by atoms with E-state index in [1.54, 1.807) is 14.2 Å². The smallest absolute Gasteiger partial charge is 0.200 e. The van der Waals surface area contributed by atoms with Gasteiger partial charge in [-0.25, -0.2) is 0 Å². The highest BCUT2D eigenvalue weighted by molar-refractivity contribution is 5.52. The van der Waals surface area contributed by atoms with Gasteiger partial charge in [0.25, 0.3) is 0 Å². The van der Waals surface area contributed by atoms with Gasteiger partial charge in [-0.2, -0.15) is 0 Å². The maximum absolute atomic E-state index is 9.60. The maximum Gasteiger partial charge on any atom is 0.200 e. The van der Waals surface area contributed by atoms with Gasteiger partial charge in [-0.15, -0.1) is 0 Å². The second-order valence-corrected chi connectivity index (χ2v) is 3.88. The molecule has 1 unspecified atom stereocenters. The third-order valence-corrected chi connectivity index (χ3v) is 2.59. The molecule has 0 saturated carbocycles. The molecule has 0 aliphatic heterocycles. The van der Waals surface area contributed by atoms with Gasteiger partial charge in [0, 0.05) is 32.9 Å². The van der Waals surface area contributed by atoms with E-state index in [1.165, 1.54) is 12.1 Å². The summed E-state index contributed by atoms with van der Waals surface area (Å²) in [5, 5.41) is 31.2. The quantitative estimate of drug-likeness (QED) is 0.533. The predicted molar refractivity (Wildman–Crippen MR) is 65.8 cm³/mol. The average Bonchev–Trinajstić information content (AvgIpc) is 2.37. The summed E-state index contributed by atoms with van der Waals surface area (Å²) in [4.78, 5) is 0. The van der Waals surface area contributed by atoms with Crippen LogP contribution in [0.4, 0.5) is 0 Å². The van der Waals surface area contributed by atoms with Gasteiger partial charge in [-0.05, 0) is 6.07 Å². The fourth-order valence-electron chi connectivity index (χ4n) is 1.52. The van der Waals surface area contributed by atoms with E-state index >= 15 is 0 Å². The molecule has 0 radical (unpaired) electrons. The van der Waals surface area contributed by atoms with Crippen LogP contribution in [0.25, 0.3) is 0 Å². The molecule has 1 aromatic rings. The Bertz CT molecular complexity index is 383. The second kappa shape index (κ2) is 7.05. The van der Waals surface area contributed by atoms with Crippen molar-refractivity contribution in [1.29, 1.82) is 0 Å². The highest BCUT2D eigenvalue weighted by atomic mass is 16.5. The molecule has 1 rings (SSSR count). The third-order valence-electron chi connectivity index (χ3n) is 2.59. The van der Waals surface area contributed by atoms with Crippen molar-refractivity contribution < 1.29 is 24.8 Å². The van der Waals surface area contributed by atoms with Gasteiger partial charge in [-0.1, -0.05) is 6.07 Å². The summed E-state index contributed by atoms with van der Waals surface area (Å²) in [7, 11) is 3.19. The summed E-state index contributed by atoms with van der Waals surface area (Å²) in [5.74, 6) is -1.16. The van der Waals surface area contributed by atoms with E-state index in [1.807, 2.05) is 0 Å². The van der Waals surface area contributed by atoms with Crippen molar-refractivity contribution in [3.63, 3.8) is 0 Å². The molecule has 102 valence electrons. The van der Waals surface area contributed by atoms with Crippen LogP contribution in [0.15, 0.2) is 12.1 Å². The fraction of sp³-hybridized carbons (Fsp3) is 0.500. The van der Waals surface area contributed by atoms with Gasteiger partial charge >= 0.3 is 0 Å². The van der Waals surface area contributed by atoms with Crippen molar-refractivity contribution >= 4 is 0 Å². The van der Waals surface area contributed by atoms with Crippen LogP contribution >= 0.6 is 0 Å². The van der Waals surface area contributed by atoms with Crippen LogP contribution in [-0.4, -0.2) is 48.8 Å². The van der Waals surface area contributed by atoms with Crippen LogP contribution in [0, 0.1) is 0 Å². The number of aromatic hydroxyl groups is 3. The number of nitrogens with one attached hydrogen (secondary N) is 1. The van der Waals surface area contributed by atoms with Gasteiger partial charge < -0.3 is 30.1 Å². The lowest BCUT2D eigenvalue weighted by Crippen LogP contribution is -2.31. The predicted octanol–water partition coefficient (Wildman–Crippen LogP) is 0.554. The van der Waals surface area contributed by atoms with Crippen LogP contribution in [-0.2, 0) is 16.0 Å². The van der Waals surface area contributed by atoms with Gasteiger partial charge in [0.05, 0.1) is 12.7 Å². The van der Waals surface area contributed by atoms with Crippen molar-refractivity contribution in [2.24, 2.45) is 0 Å². The zero-order chi connectivity index (χ0) is 13.5. The number of phenols is 3. The minimum Gasteiger partial charge on any atom is -0.504 e. The molecule has 0 aromatic heterocycles. The Labute approximate surface area is 106 Å². The summed E-state index contributed by atoms with van der Waals surface area (Å²) < 4.78 is 10.1. The maximum atomic E-state index is 9.60. The Hall–Kier alpha value is -1.50. The normalized spacial score (nSPS) is 12.6. The van der Waals surface area contributed by atoms with E-state index in [0.717, 1.165) is 0 Å². The summed E-state index contributed by atoms with van der Waals surface area (Å²) in [6.45, 7) is 1.37. The summed E-state index contributed by atoms with van der Waals surface area (Å²) >= 11 is 0. The van der Waals surface area contributed by atoms with Crippen molar-refractivity contribution in [1.82, 2.24) is 5.32 Å². The first-order valence-electron chi connectivity index (χ1n) is 5.55. The molecule has 1 aromatic carbocycles. The third kappa shape index (κ3) is 3.76. The minimum atomic E-state index is -0.505. The topological polar surface area (TPSA) is 91.2 Å². The molecule has 0 amide bonds. The lowest BCUT2D eigenvalue weighted by Gasteiger charge is -2.15. The number of ether oxygens (including phenoxy) is 2. The minimum absolute atomic E-state index is 0.0807. The number of phenolic OH excluding ortho intramolecular Hbond substituents is 3. The Balaban J connectivity index is 2.51. The van der Waals surface area contributed by atoms with Crippen molar-refractivity contribution in [2.75, 3.05) is 27.4 Å². The summed E-state index contributed by atoms with van der Waals surface area (Å²) in [6, 6.07) is 2.87. The van der Waals surface area contributed by atoms with E-state index in [9.17, 15) is 15.3 Å². The average molecular weight is 257 g/mol. The van der Waals surface area contributed by atoms with Crippen molar-refractivity contribution in [2.45, 2.75) is 12.6 Å². The first-order valence-corrected chi connectivity index (χ1v) is 5.55. The van der Waals surface area contributed by atoms with Crippen LogP contribution < -0.4 is 5.32 Å². The lowest BCUT2D eigenvalue weighted by atomic mass is 10.1. The second-order valence-electron chi connectivity index (χ2n) is 3.88. The van der Waals surface area contributed by atoms with E-state index in [0.29, 0.717) is 25.3 Å². The number of rotatable bonds is 7. The Morgan fingerprint density at radius 2 is 1.89 bits per heavy atom. The molecule has 6 heteroatoms. The first kappa shape index (κ1) is 14.6. The van der Waals surface area contributed by atoms with Crippen LogP contribution in [0.2, 0.25) is 0 Å². The van der Waals surface area contributed by atoms with Crippen LogP contribution in [0.5, 0.6) is 17.2 Å². The van der Waals surface area contributed by atoms with Gasteiger partial charge in [0.15, 0.2) is 11.5 Å². The number of methoxy groups -OCH3 is 2. The molecule has 6 nitrogen and oxygen atoms in total. The molecule has 0 fully saturated rings. The van der Waals surface area contributed by atoms with E-state index < -0.39 is 5.75 Å². The summed E-state index contributed by atoms with van der Waals surface area (Å²) in [6.07, 6.45) is -0.0807. The Kier molecular flexibility index (Phi) is 5.70. The molecule has 18 heavy (non-hydrogen) atoms. The molecule has 4 N–H and O–H groups in total. The molecule has 0 bridgehead atoms. The zero-order valence-corrected chi connectivity index (χ0v) is 10.5. The molecule has 1 atom stereocenters. The Morgan fingerprint density at radius 3 is 2.50 bits per heavy atom. The molecule has 0 spiro atoms. The Morgan fingerprint density at radius 1 is 1.17 bits per heavy atom.